The molecular weight excluding hydrogens is 565 g/mol. The number of aromatic nitrogens is 1. The molecular formula is C31H27Cl2N3O5. The lowest BCUT2D eigenvalue weighted by Gasteiger charge is -2.19. The number of ether oxygens (including phenoxy) is 1. The highest BCUT2D eigenvalue weighted by molar-refractivity contribution is 6.37. The van der Waals surface area contributed by atoms with E-state index in [4.69, 9.17) is 27.9 Å². The predicted molar refractivity (Wildman–Crippen MR) is 162 cm³/mol. The van der Waals surface area contributed by atoms with Gasteiger partial charge in [0.2, 0.25) is 0 Å². The topological polar surface area (TPSA) is 111 Å². The maximum absolute atomic E-state index is 12.8. The van der Waals surface area contributed by atoms with Gasteiger partial charge in [-0.2, -0.15) is 0 Å². The number of nitro benzene ring substituents is 1. The average molecular weight is 592 g/mol. The number of carbonyl (C=O) groups is 2. The Morgan fingerprint density at radius 1 is 1.00 bits per heavy atom. The van der Waals surface area contributed by atoms with Crippen LogP contribution in [-0.2, 0) is 16.0 Å². The third-order valence-electron chi connectivity index (χ3n) is 5.94. The molecule has 8 nitrogen and oxygen atoms in total. The number of aryl methyl sites for hydroxylation is 1. The van der Waals surface area contributed by atoms with Crippen molar-refractivity contribution in [2.75, 3.05) is 5.32 Å². The number of nitrogens with one attached hydrogen (secondary N) is 1. The van der Waals surface area contributed by atoms with Gasteiger partial charge in [-0.15, -0.1) is 0 Å². The number of amides is 1. The van der Waals surface area contributed by atoms with E-state index in [1.807, 2.05) is 30.3 Å². The van der Waals surface area contributed by atoms with Gasteiger partial charge < -0.3 is 10.1 Å². The first-order chi connectivity index (χ1) is 19.4. The van der Waals surface area contributed by atoms with E-state index in [1.165, 1.54) is 24.3 Å². The standard InChI is InChI=1S/C31H27Cl2N3O5/c1-31(2,3)41-29(37)15-8-19-16-24(32)23(25(33)17-19)13-11-21-9-10-22(18-27(21)36(39)40)30(38)35-28-14-12-20-6-4-5-7-26(20)34-28/h4-7,9-14,16-18H,8,15H2,1-3H3,(H,34,35,38). The highest BCUT2D eigenvalue weighted by Gasteiger charge is 2.18. The zero-order valence-electron chi connectivity index (χ0n) is 22.6. The molecule has 0 unspecified atom stereocenters. The summed E-state index contributed by atoms with van der Waals surface area (Å²) in [5, 5.41) is 16.1. The fraction of sp³-hybridized carbons (Fsp3) is 0.194. The molecule has 0 aliphatic carbocycles. The van der Waals surface area contributed by atoms with Crippen LogP contribution in [0.15, 0.2) is 66.7 Å². The monoisotopic (exact) mass is 591 g/mol. The number of pyridine rings is 1. The number of halogens is 2. The number of nitrogens with zero attached hydrogens (tertiary/aromatic N) is 2. The van der Waals surface area contributed by atoms with Gasteiger partial charge in [-0.05, 0) is 81.3 Å². The van der Waals surface area contributed by atoms with Crippen LogP contribution in [0.4, 0.5) is 11.5 Å². The minimum Gasteiger partial charge on any atom is -0.460 e. The Morgan fingerprint density at radius 2 is 1.71 bits per heavy atom. The number of nitro groups is 1. The van der Waals surface area contributed by atoms with Gasteiger partial charge in [-0.1, -0.05) is 47.5 Å². The molecule has 0 fully saturated rings. The normalized spacial score (nSPS) is 11.5. The molecule has 210 valence electrons. The summed E-state index contributed by atoms with van der Waals surface area (Å²) >= 11 is 12.9. The molecule has 3 aromatic carbocycles. The molecule has 4 aromatic rings. The maximum Gasteiger partial charge on any atom is 0.306 e. The summed E-state index contributed by atoms with van der Waals surface area (Å²) < 4.78 is 5.33. The molecule has 0 aliphatic heterocycles. The largest absolute Gasteiger partial charge is 0.460 e. The second-order valence-corrected chi connectivity index (χ2v) is 11.1. The molecule has 41 heavy (non-hydrogen) atoms. The van der Waals surface area contributed by atoms with Crippen molar-refractivity contribution < 1.29 is 19.2 Å². The van der Waals surface area contributed by atoms with Crippen LogP contribution in [0.3, 0.4) is 0 Å². The number of rotatable bonds is 8. The number of fused-ring (bicyclic) bond motifs is 1. The number of hydrogen-bond donors (Lipinski definition) is 1. The lowest BCUT2D eigenvalue weighted by Crippen LogP contribution is -2.24. The molecule has 1 aromatic heterocycles. The SMILES string of the molecule is CC(C)(C)OC(=O)CCc1cc(Cl)c(C=Cc2ccc(C(=O)Nc3ccc4ccccc4n3)cc2[N+](=O)[O-])c(Cl)c1. The van der Waals surface area contributed by atoms with Crippen molar-refractivity contribution in [3.63, 3.8) is 0 Å². The van der Waals surface area contributed by atoms with Crippen LogP contribution in [0.2, 0.25) is 10.0 Å². The lowest BCUT2D eigenvalue weighted by molar-refractivity contribution is -0.385. The molecule has 0 radical (unpaired) electrons. The average Bonchev–Trinajstić information content (AvgIpc) is 2.90. The number of para-hydroxylation sites is 1. The number of carbonyl (C=O) groups excluding carboxylic acids is 2. The third-order valence-corrected chi connectivity index (χ3v) is 6.56. The molecule has 0 bridgehead atoms. The number of benzene rings is 3. The molecule has 1 amide bonds. The van der Waals surface area contributed by atoms with Crippen LogP contribution >= 0.6 is 23.2 Å². The smallest absolute Gasteiger partial charge is 0.306 e. The Balaban J connectivity index is 1.50. The molecule has 0 saturated carbocycles. The second-order valence-electron chi connectivity index (χ2n) is 10.3. The fourth-order valence-electron chi connectivity index (χ4n) is 4.06. The zero-order valence-corrected chi connectivity index (χ0v) is 24.1. The molecule has 0 aliphatic rings. The highest BCUT2D eigenvalue weighted by atomic mass is 35.5. The lowest BCUT2D eigenvalue weighted by atomic mass is 10.0. The van der Waals surface area contributed by atoms with Crippen molar-refractivity contribution in [2.45, 2.75) is 39.2 Å². The second kappa shape index (κ2) is 12.5. The Kier molecular flexibility index (Phi) is 9.05. The van der Waals surface area contributed by atoms with Crippen LogP contribution in [0.1, 0.15) is 54.2 Å². The van der Waals surface area contributed by atoms with E-state index in [9.17, 15) is 19.7 Å². The van der Waals surface area contributed by atoms with E-state index >= 15 is 0 Å². The van der Waals surface area contributed by atoms with Crippen molar-refractivity contribution in [3.8, 4) is 0 Å². The van der Waals surface area contributed by atoms with Crippen molar-refractivity contribution in [2.24, 2.45) is 0 Å². The van der Waals surface area contributed by atoms with Crippen LogP contribution in [0, 0.1) is 10.1 Å². The summed E-state index contributed by atoms with van der Waals surface area (Å²) in [6.45, 7) is 5.40. The first kappa shape index (κ1) is 29.7. The maximum atomic E-state index is 12.8. The summed E-state index contributed by atoms with van der Waals surface area (Å²) in [5.41, 5.74) is 1.47. The summed E-state index contributed by atoms with van der Waals surface area (Å²) in [6, 6.07) is 18.5. The van der Waals surface area contributed by atoms with E-state index in [1.54, 1.807) is 45.0 Å². The Bertz CT molecular complexity index is 1660. The fourth-order valence-corrected chi connectivity index (χ4v) is 4.72. The van der Waals surface area contributed by atoms with Crippen molar-refractivity contribution in [3.05, 3.63) is 109 Å². The summed E-state index contributed by atoms with van der Waals surface area (Å²) in [5.74, 6) is -0.523. The van der Waals surface area contributed by atoms with Gasteiger partial charge in [0.05, 0.1) is 16.0 Å². The van der Waals surface area contributed by atoms with Gasteiger partial charge in [-0.25, -0.2) is 4.98 Å². The molecule has 4 rings (SSSR count). The number of esters is 1. The van der Waals surface area contributed by atoms with Crippen molar-refractivity contribution in [1.82, 2.24) is 4.98 Å². The molecule has 1 N–H and O–H groups in total. The van der Waals surface area contributed by atoms with Crippen LogP contribution < -0.4 is 5.32 Å². The van der Waals surface area contributed by atoms with E-state index in [2.05, 4.69) is 10.3 Å². The molecule has 1 heterocycles. The van der Waals surface area contributed by atoms with Gasteiger partial charge in [0.15, 0.2) is 0 Å². The van der Waals surface area contributed by atoms with Gasteiger partial charge in [0, 0.05) is 39.0 Å². The van der Waals surface area contributed by atoms with E-state index in [-0.39, 0.29) is 29.2 Å². The van der Waals surface area contributed by atoms with Gasteiger partial charge in [0.1, 0.15) is 11.4 Å². The van der Waals surface area contributed by atoms with Gasteiger partial charge >= 0.3 is 5.97 Å². The number of anilines is 1. The first-order valence-corrected chi connectivity index (χ1v) is 13.5. The van der Waals surface area contributed by atoms with Crippen LogP contribution in [0.5, 0.6) is 0 Å². The van der Waals surface area contributed by atoms with Crippen molar-refractivity contribution in [1.29, 1.82) is 0 Å². The minimum absolute atomic E-state index is 0.106. The minimum atomic E-state index is -0.569. The van der Waals surface area contributed by atoms with Crippen molar-refractivity contribution >= 4 is 69.6 Å². The zero-order chi connectivity index (χ0) is 29.7. The Hall–Kier alpha value is -4.27. The quantitative estimate of drug-likeness (QED) is 0.0957. The molecule has 10 heteroatoms. The van der Waals surface area contributed by atoms with Crippen LogP contribution in [0.25, 0.3) is 23.1 Å². The molecule has 0 saturated heterocycles. The summed E-state index contributed by atoms with van der Waals surface area (Å²) in [7, 11) is 0. The number of hydrogen-bond acceptors (Lipinski definition) is 6. The van der Waals surface area contributed by atoms with E-state index in [0.717, 1.165) is 10.9 Å². The highest BCUT2D eigenvalue weighted by Crippen LogP contribution is 2.31. The summed E-state index contributed by atoms with van der Waals surface area (Å²) in [6.07, 6.45) is 3.64. The third kappa shape index (κ3) is 7.90. The summed E-state index contributed by atoms with van der Waals surface area (Å²) in [4.78, 5) is 40.6. The molecule has 0 atom stereocenters. The van der Waals surface area contributed by atoms with E-state index < -0.39 is 16.4 Å². The Morgan fingerprint density at radius 3 is 2.39 bits per heavy atom. The van der Waals surface area contributed by atoms with Gasteiger partial charge in [-0.3, -0.25) is 19.7 Å². The molecule has 0 spiro atoms. The van der Waals surface area contributed by atoms with Gasteiger partial charge in [0.25, 0.3) is 11.6 Å². The van der Waals surface area contributed by atoms with Crippen LogP contribution in [-0.4, -0.2) is 27.4 Å². The first-order valence-electron chi connectivity index (χ1n) is 12.7. The Labute approximate surface area is 247 Å². The predicted octanol–water partition coefficient (Wildman–Crippen LogP) is 8.15. The van der Waals surface area contributed by atoms with E-state index in [0.29, 0.717) is 33.4 Å².